The number of rotatable bonds is 5. The summed E-state index contributed by atoms with van der Waals surface area (Å²) < 4.78 is 5.79. The molecule has 0 aliphatic heterocycles. The SMILES string of the molecule is Oc1ccc(C(N=C=S)c2ccc(Oc3ccccc3)cc2)cc1. The van der Waals surface area contributed by atoms with Gasteiger partial charge in [0.25, 0.3) is 0 Å². The first-order valence-electron chi connectivity index (χ1n) is 7.45. The van der Waals surface area contributed by atoms with Crippen LogP contribution in [0.2, 0.25) is 0 Å². The molecule has 0 saturated carbocycles. The molecule has 0 bridgehead atoms. The van der Waals surface area contributed by atoms with E-state index < -0.39 is 0 Å². The molecule has 0 fully saturated rings. The van der Waals surface area contributed by atoms with Crippen molar-refractivity contribution in [1.29, 1.82) is 0 Å². The molecule has 0 heterocycles. The summed E-state index contributed by atoms with van der Waals surface area (Å²) >= 11 is 4.78. The molecule has 3 aromatic rings. The summed E-state index contributed by atoms with van der Waals surface area (Å²) in [5.41, 5.74) is 1.90. The molecule has 0 aliphatic carbocycles. The molecule has 1 N–H and O–H groups in total. The number of ether oxygens (including phenoxy) is 1. The van der Waals surface area contributed by atoms with E-state index in [-0.39, 0.29) is 11.8 Å². The van der Waals surface area contributed by atoms with Crippen molar-refractivity contribution < 1.29 is 9.84 Å². The van der Waals surface area contributed by atoms with Crippen LogP contribution in [0.5, 0.6) is 17.2 Å². The minimum atomic E-state index is -0.256. The summed E-state index contributed by atoms with van der Waals surface area (Å²) in [5.74, 6) is 1.76. The van der Waals surface area contributed by atoms with Crippen LogP contribution in [0.4, 0.5) is 0 Å². The fourth-order valence-corrected chi connectivity index (χ4v) is 2.50. The highest BCUT2D eigenvalue weighted by Gasteiger charge is 2.13. The number of aliphatic imine (C=N–C) groups is 1. The summed E-state index contributed by atoms with van der Waals surface area (Å²) in [4.78, 5) is 4.25. The number of nitrogens with zero attached hydrogens (tertiary/aromatic N) is 1. The third-order valence-corrected chi connectivity index (χ3v) is 3.67. The molecule has 3 nitrogen and oxygen atoms in total. The number of thiocarbonyl (C=S) groups is 1. The van der Waals surface area contributed by atoms with E-state index in [1.807, 2.05) is 66.7 Å². The molecule has 3 aromatic carbocycles. The van der Waals surface area contributed by atoms with Crippen LogP contribution in [0, 0.1) is 0 Å². The highest BCUT2D eigenvalue weighted by atomic mass is 32.1. The van der Waals surface area contributed by atoms with Gasteiger partial charge in [-0.15, -0.1) is 0 Å². The van der Waals surface area contributed by atoms with Crippen LogP contribution in [0.1, 0.15) is 17.2 Å². The molecule has 1 atom stereocenters. The third kappa shape index (κ3) is 3.87. The Bertz CT molecular complexity index is 839. The number of isothiocyanates is 1. The van der Waals surface area contributed by atoms with Crippen LogP contribution in [0.3, 0.4) is 0 Å². The topological polar surface area (TPSA) is 41.8 Å². The van der Waals surface area contributed by atoms with Crippen LogP contribution in [0.15, 0.2) is 83.9 Å². The Balaban J connectivity index is 1.84. The molecule has 0 amide bonds. The van der Waals surface area contributed by atoms with Crippen molar-refractivity contribution in [2.45, 2.75) is 6.04 Å². The van der Waals surface area contributed by atoms with Gasteiger partial charge >= 0.3 is 0 Å². The fraction of sp³-hybridized carbons (Fsp3) is 0.0500. The van der Waals surface area contributed by atoms with E-state index >= 15 is 0 Å². The van der Waals surface area contributed by atoms with E-state index in [1.54, 1.807) is 12.1 Å². The van der Waals surface area contributed by atoms with Gasteiger partial charge in [0, 0.05) is 0 Å². The van der Waals surface area contributed by atoms with Crippen molar-refractivity contribution in [1.82, 2.24) is 0 Å². The lowest BCUT2D eigenvalue weighted by Gasteiger charge is -2.13. The lowest BCUT2D eigenvalue weighted by Crippen LogP contribution is -1.97. The first-order valence-corrected chi connectivity index (χ1v) is 7.86. The Morgan fingerprint density at radius 3 is 1.92 bits per heavy atom. The van der Waals surface area contributed by atoms with Gasteiger partial charge in [-0.2, -0.15) is 0 Å². The predicted octanol–water partition coefficient (Wildman–Crippen LogP) is 5.38. The number of hydrogen-bond donors (Lipinski definition) is 1. The number of hydrogen-bond acceptors (Lipinski definition) is 4. The monoisotopic (exact) mass is 333 g/mol. The van der Waals surface area contributed by atoms with Gasteiger partial charge in [-0.25, -0.2) is 4.99 Å². The number of phenolic OH excluding ortho intramolecular Hbond substituents is 1. The average Bonchev–Trinajstić information content (AvgIpc) is 2.62. The molecular weight excluding hydrogens is 318 g/mol. The fourth-order valence-electron chi connectivity index (χ4n) is 2.39. The van der Waals surface area contributed by atoms with E-state index in [0.29, 0.717) is 0 Å². The van der Waals surface area contributed by atoms with Gasteiger partial charge in [0.2, 0.25) is 0 Å². The van der Waals surface area contributed by atoms with Crippen molar-refractivity contribution in [3.63, 3.8) is 0 Å². The summed E-state index contributed by atoms with van der Waals surface area (Å²) in [7, 11) is 0. The van der Waals surface area contributed by atoms with Crippen LogP contribution in [-0.4, -0.2) is 10.3 Å². The van der Waals surface area contributed by atoms with Gasteiger partial charge < -0.3 is 9.84 Å². The minimum Gasteiger partial charge on any atom is -0.508 e. The second kappa shape index (κ2) is 7.55. The van der Waals surface area contributed by atoms with Gasteiger partial charge in [0.15, 0.2) is 0 Å². The lowest BCUT2D eigenvalue weighted by molar-refractivity contribution is 0.475. The number of aromatic hydroxyl groups is 1. The summed E-state index contributed by atoms with van der Waals surface area (Å²) in [6.07, 6.45) is 0. The Morgan fingerprint density at radius 1 is 0.792 bits per heavy atom. The maximum absolute atomic E-state index is 9.43. The highest BCUT2D eigenvalue weighted by Crippen LogP contribution is 2.29. The average molecular weight is 333 g/mol. The first-order chi connectivity index (χ1) is 11.8. The predicted molar refractivity (Wildman–Crippen MR) is 97.9 cm³/mol. The van der Waals surface area contributed by atoms with Gasteiger partial charge in [-0.1, -0.05) is 42.5 Å². The molecule has 0 saturated heterocycles. The van der Waals surface area contributed by atoms with E-state index in [9.17, 15) is 5.11 Å². The van der Waals surface area contributed by atoms with Crippen molar-refractivity contribution in [3.8, 4) is 17.2 Å². The van der Waals surface area contributed by atoms with Gasteiger partial charge in [0.1, 0.15) is 23.3 Å². The molecule has 0 aromatic heterocycles. The third-order valence-electron chi connectivity index (χ3n) is 3.57. The number of para-hydroxylation sites is 1. The van der Waals surface area contributed by atoms with Gasteiger partial charge in [-0.05, 0) is 59.7 Å². The Kier molecular flexibility index (Phi) is 5.02. The van der Waals surface area contributed by atoms with E-state index in [4.69, 9.17) is 17.0 Å². The van der Waals surface area contributed by atoms with Crippen LogP contribution in [-0.2, 0) is 0 Å². The lowest BCUT2D eigenvalue weighted by atomic mass is 9.99. The molecule has 4 heteroatoms. The molecule has 24 heavy (non-hydrogen) atoms. The highest BCUT2D eigenvalue weighted by molar-refractivity contribution is 7.78. The Hall–Kier alpha value is -2.94. The summed E-state index contributed by atoms with van der Waals surface area (Å²) in [6.45, 7) is 0. The summed E-state index contributed by atoms with van der Waals surface area (Å²) in [6, 6.07) is 24.0. The maximum Gasteiger partial charge on any atom is 0.127 e. The summed E-state index contributed by atoms with van der Waals surface area (Å²) in [5, 5.41) is 11.9. The standard InChI is InChI=1S/C20H15NO2S/c22-17-10-6-15(7-11-17)20(21-14-24)16-8-12-19(13-9-16)23-18-4-2-1-3-5-18/h1-13,20,22H. The van der Waals surface area contributed by atoms with Crippen LogP contribution < -0.4 is 4.74 Å². The minimum absolute atomic E-state index is 0.218. The Labute approximate surface area is 145 Å². The molecule has 118 valence electrons. The molecular formula is C20H15NO2S. The zero-order chi connectivity index (χ0) is 16.8. The second-order valence-electron chi connectivity index (χ2n) is 5.20. The zero-order valence-corrected chi connectivity index (χ0v) is 13.6. The van der Waals surface area contributed by atoms with E-state index in [2.05, 4.69) is 10.2 Å². The number of benzene rings is 3. The van der Waals surface area contributed by atoms with Crippen molar-refractivity contribution in [3.05, 3.63) is 90.0 Å². The number of phenols is 1. The smallest absolute Gasteiger partial charge is 0.127 e. The van der Waals surface area contributed by atoms with Gasteiger partial charge in [0.05, 0.1) is 5.16 Å². The first kappa shape index (κ1) is 15.9. The largest absolute Gasteiger partial charge is 0.508 e. The maximum atomic E-state index is 9.43. The molecule has 0 radical (unpaired) electrons. The van der Waals surface area contributed by atoms with Gasteiger partial charge in [-0.3, -0.25) is 0 Å². The molecule has 1 unspecified atom stereocenters. The second-order valence-corrected chi connectivity index (χ2v) is 5.38. The zero-order valence-electron chi connectivity index (χ0n) is 12.8. The van der Waals surface area contributed by atoms with E-state index in [1.165, 1.54) is 0 Å². The van der Waals surface area contributed by atoms with Crippen molar-refractivity contribution >= 4 is 17.4 Å². The quantitative estimate of drug-likeness (QED) is 0.504. The Morgan fingerprint density at radius 2 is 1.33 bits per heavy atom. The van der Waals surface area contributed by atoms with Crippen molar-refractivity contribution in [2.24, 2.45) is 4.99 Å². The molecule has 3 rings (SSSR count). The molecule has 0 spiro atoms. The normalized spacial score (nSPS) is 11.3. The van der Waals surface area contributed by atoms with Crippen LogP contribution in [0.25, 0.3) is 0 Å². The van der Waals surface area contributed by atoms with Crippen molar-refractivity contribution in [2.75, 3.05) is 0 Å². The van der Waals surface area contributed by atoms with Crippen LogP contribution >= 0.6 is 12.2 Å². The molecule has 0 aliphatic rings. The van der Waals surface area contributed by atoms with E-state index in [0.717, 1.165) is 22.6 Å².